The highest BCUT2D eigenvalue weighted by atomic mass is 35.5. The molecule has 0 saturated heterocycles. The van der Waals surface area contributed by atoms with Crippen LogP contribution in [0.3, 0.4) is 0 Å². The summed E-state index contributed by atoms with van der Waals surface area (Å²) >= 11 is 17.4. The maximum absolute atomic E-state index is 6.12. The highest BCUT2D eigenvalue weighted by molar-refractivity contribution is 7.80. The Morgan fingerprint density at radius 3 is 2.64 bits per heavy atom. The minimum atomic E-state index is 0.483. The molecule has 0 unspecified atom stereocenters. The van der Waals surface area contributed by atoms with Crippen LogP contribution in [-0.2, 0) is 6.54 Å². The van der Waals surface area contributed by atoms with Gasteiger partial charge >= 0.3 is 0 Å². The van der Waals surface area contributed by atoms with Crippen LogP contribution in [0.4, 0.5) is 11.4 Å². The number of nitrogens with one attached hydrogen (secondary N) is 2. The van der Waals surface area contributed by atoms with E-state index in [9.17, 15) is 0 Å². The Balaban J connectivity index is 1.61. The molecule has 128 valence electrons. The molecule has 3 aromatic rings. The van der Waals surface area contributed by atoms with E-state index in [0.717, 1.165) is 27.5 Å². The van der Waals surface area contributed by atoms with E-state index in [-0.39, 0.29) is 0 Å². The molecule has 25 heavy (non-hydrogen) atoms. The van der Waals surface area contributed by atoms with Crippen LogP contribution in [0.2, 0.25) is 10.0 Å². The fourth-order valence-corrected chi connectivity index (χ4v) is 2.85. The van der Waals surface area contributed by atoms with Crippen LogP contribution in [0.15, 0.2) is 54.9 Å². The van der Waals surface area contributed by atoms with Gasteiger partial charge in [-0.2, -0.15) is 5.10 Å². The number of benzene rings is 2. The van der Waals surface area contributed by atoms with Gasteiger partial charge in [-0.1, -0.05) is 41.4 Å². The first kappa shape index (κ1) is 17.7. The normalized spacial score (nSPS) is 10.5. The van der Waals surface area contributed by atoms with E-state index in [2.05, 4.69) is 15.7 Å². The van der Waals surface area contributed by atoms with Crippen molar-refractivity contribution in [1.29, 1.82) is 0 Å². The molecule has 0 amide bonds. The SMILES string of the molecule is Cc1c(Cl)cccc1NC(=S)Nc1cnn(Cc2ccc(Cl)cc2)c1. The van der Waals surface area contributed by atoms with Gasteiger partial charge in [0.1, 0.15) is 0 Å². The molecule has 0 spiro atoms. The zero-order valence-corrected chi connectivity index (χ0v) is 15.8. The third-order valence-corrected chi connectivity index (χ3v) is 4.53. The fraction of sp³-hybridized carbons (Fsp3) is 0.111. The largest absolute Gasteiger partial charge is 0.332 e. The third-order valence-electron chi connectivity index (χ3n) is 3.66. The Labute approximate surface area is 161 Å². The molecule has 0 bridgehead atoms. The van der Waals surface area contributed by atoms with E-state index in [1.165, 1.54) is 0 Å². The predicted molar refractivity (Wildman–Crippen MR) is 109 cm³/mol. The van der Waals surface area contributed by atoms with Crippen LogP contribution in [0, 0.1) is 6.92 Å². The topological polar surface area (TPSA) is 41.9 Å². The van der Waals surface area contributed by atoms with Crippen molar-refractivity contribution in [1.82, 2.24) is 9.78 Å². The van der Waals surface area contributed by atoms with Gasteiger partial charge in [-0.3, -0.25) is 4.68 Å². The van der Waals surface area contributed by atoms with Gasteiger partial charge in [-0.05, 0) is 54.5 Å². The molecule has 0 radical (unpaired) electrons. The monoisotopic (exact) mass is 390 g/mol. The van der Waals surface area contributed by atoms with Crippen LogP contribution in [0.5, 0.6) is 0 Å². The van der Waals surface area contributed by atoms with Gasteiger partial charge in [-0.25, -0.2) is 0 Å². The van der Waals surface area contributed by atoms with E-state index in [4.69, 9.17) is 35.4 Å². The second-order valence-corrected chi connectivity index (χ2v) is 6.80. The van der Waals surface area contributed by atoms with E-state index < -0.39 is 0 Å². The number of anilines is 2. The molecular formula is C18H16Cl2N4S. The second kappa shape index (κ2) is 7.87. The molecule has 0 fully saturated rings. The molecule has 7 heteroatoms. The summed E-state index contributed by atoms with van der Waals surface area (Å²) in [5.74, 6) is 0. The average molecular weight is 391 g/mol. The molecular weight excluding hydrogens is 375 g/mol. The van der Waals surface area contributed by atoms with Gasteiger partial charge in [0, 0.05) is 21.9 Å². The van der Waals surface area contributed by atoms with Gasteiger partial charge in [0.15, 0.2) is 5.11 Å². The van der Waals surface area contributed by atoms with Crippen LogP contribution in [0.25, 0.3) is 0 Å². The van der Waals surface area contributed by atoms with E-state index in [0.29, 0.717) is 16.7 Å². The summed E-state index contributed by atoms with van der Waals surface area (Å²) in [7, 11) is 0. The molecule has 0 aliphatic rings. The number of aromatic nitrogens is 2. The van der Waals surface area contributed by atoms with Gasteiger partial charge in [-0.15, -0.1) is 0 Å². The molecule has 0 aliphatic heterocycles. The van der Waals surface area contributed by atoms with Crippen LogP contribution in [0.1, 0.15) is 11.1 Å². The minimum absolute atomic E-state index is 0.483. The first-order chi connectivity index (χ1) is 12.0. The van der Waals surface area contributed by atoms with Crippen LogP contribution < -0.4 is 10.6 Å². The smallest absolute Gasteiger partial charge is 0.175 e. The zero-order valence-electron chi connectivity index (χ0n) is 13.5. The van der Waals surface area contributed by atoms with Crippen LogP contribution >= 0.6 is 35.4 Å². The Morgan fingerprint density at radius 2 is 1.88 bits per heavy atom. The van der Waals surface area contributed by atoms with Gasteiger partial charge in [0.25, 0.3) is 0 Å². The Kier molecular flexibility index (Phi) is 5.58. The number of halogens is 2. The lowest BCUT2D eigenvalue weighted by molar-refractivity contribution is 0.687. The van der Waals surface area contributed by atoms with Gasteiger partial charge < -0.3 is 10.6 Å². The summed E-state index contributed by atoms with van der Waals surface area (Å²) in [4.78, 5) is 0. The second-order valence-electron chi connectivity index (χ2n) is 5.54. The number of nitrogens with zero attached hydrogens (tertiary/aromatic N) is 2. The zero-order chi connectivity index (χ0) is 17.8. The maximum atomic E-state index is 6.12. The van der Waals surface area contributed by atoms with Gasteiger partial charge in [0.2, 0.25) is 0 Å². The lowest BCUT2D eigenvalue weighted by atomic mass is 10.2. The molecule has 4 nitrogen and oxygen atoms in total. The van der Waals surface area contributed by atoms with Crippen molar-refractivity contribution in [2.45, 2.75) is 13.5 Å². The molecule has 3 rings (SSSR count). The van der Waals surface area contributed by atoms with Crippen molar-refractivity contribution in [3.63, 3.8) is 0 Å². The highest BCUT2D eigenvalue weighted by Gasteiger charge is 2.06. The summed E-state index contributed by atoms with van der Waals surface area (Å²) in [6.07, 6.45) is 3.63. The maximum Gasteiger partial charge on any atom is 0.175 e. The quantitative estimate of drug-likeness (QED) is 0.588. The van der Waals surface area contributed by atoms with Gasteiger partial charge in [0.05, 0.1) is 18.4 Å². The van der Waals surface area contributed by atoms with Crippen molar-refractivity contribution < 1.29 is 0 Å². The predicted octanol–water partition coefficient (Wildman–Crippen LogP) is 5.36. The van der Waals surface area contributed by atoms with Crippen molar-refractivity contribution >= 4 is 51.9 Å². The number of rotatable bonds is 4. The first-order valence-electron chi connectivity index (χ1n) is 7.61. The van der Waals surface area contributed by atoms with E-state index in [1.807, 2.05) is 60.3 Å². The number of thiocarbonyl (C=S) groups is 1. The summed E-state index contributed by atoms with van der Waals surface area (Å²) in [5, 5.41) is 12.5. The van der Waals surface area contributed by atoms with Crippen molar-refractivity contribution in [3.05, 3.63) is 76.0 Å². The summed E-state index contributed by atoms with van der Waals surface area (Å²) in [5.41, 5.74) is 3.76. The Hall–Kier alpha value is -2.08. The molecule has 1 heterocycles. The molecule has 1 aromatic heterocycles. The third kappa shape index (κ3) is 4.72. The minimum Gasteiger partial charge on any atom is -0.332 e. The molecule has 0 atom stereocenters. The molecule has 0 aliphatic carbocycles. The van der Waals surface area contributed by atoms with E-state index >= 15 is 0 Å². The molecule has 2 aromatic carbocycles. The van der Waals surface area contributed by atoms with Crippen molar-refractivity contribution in [2.75, 3.05) is 10.6 Å². The standard InChI is InChI=1S/C18H16Cl2N4S/c1-12-16(20)3-2-4-17(12)23-18(25)22-15-9-21-24(11-15)10-13-5-7-14(19)8-6-13/h2-9,11H,10H2,1H3,(H2,22,23,25). The first-order valence-corrected chi connectivity index (χ1v) is 8.78. The Morgan fingerprint density at radius 1 is 1.12 bits per heavy atom. The summed E-state index contributed by atoms with van der Waals surface area (Å²) in [6, 6.07) is 13.3. The summed E-state index contributed by atoms with van der Waals surface area (Å²) in [6.45, 7) is 2.60. The number of hydrogen-bond acceptors (Lipinski definition) is 2. The molecule has 0 saturated carbocycles. The van der Waals surface area contributed by atoms with Crippen molar-refractivity contribution in [3.8, 4) is 0 Å². The Bertz CT molecular complexity index is 890. The van der Waals surface area contributed by atoms with E-state index in [1.54, 1.807) is 6.20 Å². The van der Waals surface area contributed by atoms with Crippen molar-refractivity contribution in [2.24, 2.45) is 0 Å². The number of hydrogen-bond donors (Lipinski definition) is 2. The lowest BCUT2D eigenvalue weighted by Crippen LogP contribution is -2.19. The fourth-order valence-electron chi connectivity index (χ4n) is 2.32. The molecule has 2 N–H and O–H groups in total. The highest BCUT2D eigenvalue weighted by Crippen LogP contribution is 2.23. The van der Waals surface area contributed by atoms with Crippen LogP contribution in [-0.4, -0.2) is 14.9 Å². The lowest BCUT2D eigenvalue weighted by Gasteiger charge is -2.12. The summed E-state index contributed by atoms with van der Waals surface area (Å²) < 4.78 is 1.83. The average Bonchev–Trinajstić information content (AvgIpc) is 3.01.